The van der Waals surface area contributed by atoms with E-state index in [0.717, 1.165) is 116 Å². The minimum absolute atomic E-state index is 0.121. The largest absolute Gasteiger partial charge is 0.480 e. The Morgan fingerprint density at radius 1 is 0.574 bits per heavy atom. The first-order chi connectivity index (χ1) is 26.4. The Bertz CT molecular complexity index is 1120. The van der Waals surface area contributed by atoms with Gasteiger partial charge in [-0.25, -0.2) is 4.79 Å². The molecule has 0 fully saturated rings. The number of rotatable bonds is 37. The Hall–Kier alpha value is -3.45. The molecule has 0 saturated carbocycles. The Labute approximate surface area is 330 Å². The molecular formula is C47H78N2O5. The summed E-state index contributed by atoms with van der Waals surface area (Å²) in [5.41, 5.74) is 5.48. The summed E-state index contributed by atoms with van der Waals surface area (Å²) in [7, 11) is 0. The van der Waals surface area contributed by atoms with Gasteiger partial charge >= 0.3 is 11.9 Å². The van der Waals surface area contributed by atoms with Gasteiger partial charge in [0.15, 0.2) is 0 Å². The van der Waals surface area contributed by atoms with Gasteiger partial charge in [-0.15, -0.1) is 0 Å². The normalized spacial score (nSPS) is 13.5. The van der Waals surface area contributed by atoms with Gasteiger partial charge < -0.3 is 20.9 Å². The summed E-state index contributed by atoms with van der Waals surface area (Å²) in [6.45, 7) is 4.78. The van der Waals surface area contributed by atoms with E-state index in [4.69, 9.17) is 10.5 Å². The second-order valence-corrected chi connectivity index (χ2v) is 14.0. The standard InChI is InChI=1S/C47H78N2O5/c1-3-5-7-9-11-13-15-16-17-18-19-20-22-24-26-31-35-41-46(51)54-43(37-32-28-25-23-21-14-12-10-8-6-4-2)38-33-29-27-30-34-40-45(50)49-44(47(52)53)39-36-42-48/h5,7,11-14,16-17,19-20,23,25,32,37,43-44H,3-4,6,8-10,15,18,21-22,24,26-31,33-36,38-42,48H2,1-2H3,(H,49,50)(H,52,53)/b7-5-,13-11-,14-12-,17-16-,20-19-,25-23-,37-32-. The van der Waals surface area contributed by atoms with Crippen molar-refractivity contribution in [2.45, 2.75) is 187 Å². The summed E-state index contributed by atoms with van der Waals surface area (Å²) >= 11 is 0. The molecule has 0 aliphatic carbocycles. The lowest BCUT2D eigenvalue weighted by Crippen LogP contribution is -2.40. The molecule has 7 heteroatoms. The Morgan fingerprint density at radius 3 is 1.65 bits per heavy atom. The molecule has 54 heavy (non-hydrogen) atoms. The molecule has 7 nitrogen and oxygen atoms in total. The van der Waals surface area contributed by atoms with Crippen molar-refractivity contribution in [3.05, 3.63) is 85.1 Å². The predicted octanol–water partition coefficient (Wildman–Crippen LogP) is 12.1. The van der Waals surface area contributed by atoms with E-state index in [9.17, 15) is 19.5 Å². The first kappa shape index (κ1) is 50.5. The number of hydrogen-bond donors (Lipinski definition) is 3. The maximum absolute atomic E-state index is 12.7. The van der Waals surface area contributed by atoms with Gasteiger partial charge in [-0.2, -0.15) is 0 Å². The maximum Gasteiger partial charge on any atom is 0.326 e. The van der Waals surface area contributed by atoms with E-state index in [0.29, 0.717) is 32.2 Å². The number of nitrogens with one attached hydrogen (secondary N) is 1. The number of allylic oxidation sites excluding steroid dienone is 13. The van der Waals surface area contributed by atoms with Crippen molar-refractivity contribution in [2.75, 3.05) is 6.54 Å². The van der Waals surface area contributed by atoms with E-state index in [2.05, 4.69) is 98.2 Å². The lowest BCUT2D eigenvalue weighted by Gasteiger charge is -2.15. The highest BCUT2D eigenvalue weighted by molar-refractivity contribution is 5.83. The molecule has 1 amide bonds. The summed E-state index contributed by atoms with van der Waals surface area (Å²) in [5, 5.41) is 11.9. The van der Waals surface area contributed by atoms with Crippen molar-refractivity contribution in [1.29, 1.82) is 0 Å². The summed E-state index contributed by atoms with van der Waals surface area (Å²) in [5.74, 6) is -1.36. The molecule has 0 aliphatic rings. The number of carboxylic acids is 1. The minimum Gasteiger partial charge on any atom is -0.480 e. The number of carbonyl (C=O) groups is 3. The van der Waals surface area contributed by atoms with Gasteiger partial charge in [0.25, 0.3) is 0 Å². The average molecular weight is 751 g/mol. The molecule has 0 radical (unpaired) electrons. The number of carbonyl (C=O) groups excluding carboxylic acids is 2. The monoisotopic (exact) mass is 751 g/mol. The van der Waals surface area contributed by atoms with Crippen LogP contribution in [0.2, 0.25) is 0 Å². The first-order valence-corrected chi connectivity index (χ1v) is 21.4. The minimum atomic E-state index is -1.02. The Balaban J connectivity index is 4.48. The molecule has 0 heterocycles. The lowest BCUT2D eigenvalue weighted by molar-refractivity contribution is -0.147. The second-order valence-electron chi connectivity index (χ2n) is 14.0. The van der Waals surface area contributed by atoms with Crippen molar-refractivity contribution in [2.24, 2.45) is 5.73 Å². The molecule has 0 aromatic heterocycles. The topological polar surface area (TPSA) is 119 Å². The molecule has 2 unspecified atom stereocenters. The number of hydrogen-bond acceptors (Lipinski definition) is 5. The van der Waals surface area contributed by atoms with Crippen LogP contribution in [-0.4, -0.2) is 41.6 Å². The number of aliphatic carboxylic acids is 1. The first-order valence-electron chi connectivity index (χ1n) is 21.4. The molecular weight excluding hydrogens is 673 g/mol. The number of nitrogens with two attached hydrogens (primary N) is 1. The van der Waals surface area contributed by atoms with Crippen LogP contribution in [0.5, 0.6) is 0 Å². The molecule has 0 aliphatic heterocycles. The van der Waals surface area contributed by atoms with Gasteiger partial charge in [0, 0.05) is 12.8 Å². The van der Waals surface area contributed by atoms with Crippen LogP contribution in [0.4, 0.5) is 0 Å². The van der Waals surface area contributed by atoms with Crippen LogP contribution in [0.25, 0.3) is 0 Å². The molecule has 0 spiro atoms. The summed E-state index contributed by atoms with van der Waals surface area (Å²) in [4.78, 5) is 36.3. The molecule has 306 valence electrons. The highest BCUT2D eigenvalue weighted by atomic mass is 16.5. The third-order valence-corrected chi connectivity index (χ3v) is 8.93. The van der Waals surface area contributed by atoms with E-state index in [1.807, 2.05) is 6.08 Å². The van der Waals surface area contributed by atoms with Gasteiger partial charge in [0.05, 0.1) is 0 Å². The van der Waals surface area contributed by atoms with Gasteiger partial charge in [-0.05, 0) is 115 Å². The maximum atomic E-state index is 12.7. The van der Waals surface area contributed by atoms with E-state index >= 15 is 0 Å². The van der Waals surface area contributed by atoms with Crippen LogP contribution in [0.15, 0.2) is 85.1 Å². The number of ether oxygens (including phenoxy) is 1. The quantitative estimate of drug-likeness (QED) is 0.0330. The van der Waals surface area contributed by atoms with Gasteiger partial charge in [-0.3, -0.25) is 9.59 Å². The SMILES string of the molecule is CC/C=C\C/C=C\C/C=C\C/C=C\CCCCCCC(=O)OC(/C=C\C/C=C\C/C=C\CCCCC)CCCCCCCC(=O)NC(CCCN)C(=O)O. The Kier molecular flexibility index (Phi) is 38.1. The Morgan fingerprint density at radius 2 is 1.07 bits per heavy atom. The highest BCUT2D eigenvalue weighted by Crippen LogP contribution is 2.15. The van der Waals surface area contributed by atoms with Crippen molar-refractivity contribution < 1.29 is 24.2 Å². The molecule has 0 bridgehead atoms. The zero-order valence-electron chi connectivity index (χ0n) is 34.3. The number of unbranched alkanes of at least 4 members (excludes halogenated alkanes) is 11. The third-order valence-electron chi connectivity index (χ3n) is 8.93. The van der Waals surface area contributed by atoms with Crippen LogP contribution in [0.3, 0.4) is 0 Å². The van der Waals surface area contributed by atoms with Crippen molar-refractivity contribution in [1.82, 2.24) is 5.32 Å². The summed E-state index contributed by atoms with van der Waals surface area (Å²) in [6, 6.07) is -0.872. The van der Waals surface area contributed by atoms with Crippen molar-refractivity contribution in [3.8, 4) is 0 Å². The third kappa shape index (κ3) is 36.9. The zero-order chi connectivity index (χ0) is 39.6. The molecule has 2 atom stereocenters. The van der Waals surface area contributed by atoms with Gasteiger partial charge in [0.2, 0.25) is 5.91 Å². The van der Waals surface area contributed by atoms with E-state index in [1.165, 1.54) is 19.3 Å². The highest BCUT2D eigenvalue weighted by Gasteiger charge is 2.18. The molecule has 0 aromatic carbocycles. The van der Waals surface area contributed by atoms with E-state index < -0.39 is 12.0 Å². The molecule has 0 rings (SSSR count). The van der Waals surface area contributed by atoms with Crippen LogP contribution >= 0.6 is 0 Å². The number of carboxylic acid groups (broad SMARTS) is 1. The van der Waals surface area contributed by atoms with Crippen LogP contribution in [-0.2, 0) is 19.1 Å². The number of esters is 1. The van der Waals surface area contributed by atoms with Crippen LogP contribution in [0.1, 0.15) is 174 Å². The molecule has 0 aromatic rings. The average Bonchev–Trinajstić information content (AvgIpc) is 3.16. The van der Waals surface area contributed by atoms with Crippen molar-refractivity contribution >= 4 is 17.8 Å². The van der Waals surface area contributed by atoms with E-state index in [1.54, 1.807) is 0 Å². The fraction of sp³-hybridized carbons (Fsp3) is 0.638. The lowest BCUT2D eigenvalue weighted by atomic mass is 10.1. The molecule has 0 saturated heterocycles. The fourth-order valence-corrected chi connectivity index (χ4v) is 5.72. The summed E-state index contributed by atoms with van der Waals surface area (Å²) in [6.07, 6.45) is 53.5. The van der Waals surface area contributed by atoms with Crippen LogP contribution < -0.4 is 11.1 Å². The van der Waals surface area contributed by atoms with Crippen LogP contribution in [0, 0.1) is 0 Å². The smallest absolute Gasteiger partial charge is 0.326 e. The van der Waals surface area contributed by atoms with Gasteiger partial charge in [-0.1, -0.05) is 138 Å². The number of amides is 1. The predicted molar refractivity (Wildman–Crippen MR) is 229 cm³/mol. The van der Waals surface area contributed by atoms with Gasteiger partial charge in [0.1, 0.15) is 12.1 Å². The van der Waals surface area contributed by atoms with Crippen molar-refractivity contribution in [3.63, 3.8) is 0 Å². The summed E-state index contributed by atoms with van der Waals surface area (Å²) < 4.78 is 5.92. The fourth-order valence-electron chi connectivity index (χ4n) is 5.72. The van der Waals surface area contributed by atoms with E-state index in [-0.39, 0.29) is 18.0 Å². The zero-order valence-corrected chi connectivity index (χ0v) is 34.3. The second kappa shape index (κ2) is 40.7. The molecule has 4 N–H and O–H groups in total.